The van der Waals surface area contributed by atoms with Crippen molar-refractivity contribution in [2.75, 3.05) is 12.0 Å². The van der Waals surface area contributed by atoms with Crippen LogP contribution in [-0.2, 0) is 16.0 Å². The lowest BCUT2D eigenvalue weighted by Gasteiger charge is -2.28. The van der Waals surface area contributed by atoms with Crippen LogP contribution in [0.3, 0.4) is 0 Å². The van der Waals surface area contributed by atoms with Crippen LogP contribution in [0.1, 0.15) is 34.7 Å². The second-order valence-electron chi connectivity index (χ2n) is 8.37. The average Bonchev–Trinajstić information content (AvgIpc) is 3.08. The number of aryl methyl sites for hydroxylation is 3. The van der Waals surface area contributed by atoms with Crippen molar-refractivity contribution in [1.29, 1.82) is 0 Å². The Hall–Kier alpha value is -3.86. The molecular weight excluding hydrogens is 414 g/mol. The van der Waals surface area contributed by atoms with Crippen molar-refractivity contribution >= 4 is 17.4 Å². The van der Waals surface area contributed by atoms with Crippen LogP contribution >= 0.6 is 0 Å². The number of aliphatic hydroxyl groups excluding tert-OH is 1. The zero-order valence-corrected chi connectivity index (χ0v) is 19.0. The van der Waals surface area contributed by atoms with E-state index < -0.39 is 17.7 Å². The van der Waals surface area contributed by atoms with Crippen LogP contribution in [0, 0.1) is 13.8 Å². The van der Waals surface area contributed by atoms with Gasteiger partial charge in [-0.3, -0.25) is 14.5 Å². The van der Waals surface area contributed by atoms with E-state index in [4.69, 9.17) is 4.74 Å². The SMILES string of the molecule is COc1cccc(C2C(C(=O)CCc3ccccc3)=C(O)C(=O)N2c2cc(C)cc(C)c2)c1. The summed E-state index contributed by atoms with van der Waals surface area (Å²) < 4.78 is 5.38. The Kier molecular flexibility index (Phi) is 6.31. The molecule has 1 aliphatic rings. The summed E-state index contributed by atoms with van der Waals surface area (Å²) in [5.41, 5.74) is 4.48. The van der Waals surface area contributed by atoms with Crippen LogP contribution in [0.2, 0.25) is 0 Å². The first-order chi connectivity index (χ1) is 15.9. The van der Waals surface area contributed by atoms with Gasteiger partial charge in [-0.25, -0.2) is 0 Å². The molecule has 0 aliphatic carbocycles. The minimum atomic E-state index is -0.739. The number of carbonyl (C=O) groups excluding carboxylic acids is 2. The summed E-state index contributed by atoms with van der Waals surface area (Å²) in [7, 11) is 1.57. The monoisotopic (exact) mass is 441 g/mol. The summed E-state index contributed by atoms with van der Waals surface area (Å²) in [6.45, 7) is 3.91. The van der Waals surface area contributed by atoms with Gasteiger partial charge < -0.3 is 9.84 Å². The molecule has 3 aromatic rings. The van der Waals surface area contributed by atoms with Crippen molar-refractivity contribution in [2.24, 2.45) is 0 Å². The van der Waals surface area contributed by atoms with Gasteiger partial charge in [0, 0.05) is 12.1 Å². The number of benzene rings is 3. The molecule has 1 heterocycles. The lowest BCUT2D eigenvalue weighted by Crippen LogP contribution is -2.31. The third kappa shape index (κ3) is 4.53. The Labute approximate surface area is 193 Å². The zero-order chi connectivity index (χ0) is 23.5. The number of aliphatic hydroxyl groups is 1. The number of amides is 1. The van der Waals surface area contributed by atoms with Crippen LogP contribution in [-0.4, -0.2) is 23.9 Å². The predicted octanol–water partition coefficient (Wildman–Crippen LogP) is 5.41. The number of hydrogen-bond donors (Lipinski definition) is 1. The molecule has 168 valence electrons. The van der Waals surface area contributed by atoms with E-state index in [9.17, 15) is 14.7 Å². The zero-order valence-electron chi connectivity index (χ0n) is 19.0. The van der Waals surface area contributed by atoms with Gasteiger partial charge in [0.05, 0.1) is 18.7 Å². The molecule has 1 atom stereocenters. The van der Waals surface area contributed by atoms with Crippen LogP contribution in [0.5, 0.6) is 5.75 Å². The van der Waals surface area contributed by atoms with Gasteiger partial charge in [0.25, 0.3) is 5.91 Å². The fraction of sp³-hybridized carbons (Fsp3) is 0.214. The maximum absolute atomic E-state index is 13.4. The standard InChI is InChI=1S/C28H27NO4/c1-18-14-19(2)16-22(15-18)29-26(21-10-7-11-23(17-21)33-3)25(27(31)28(29)32)24(30)13-12-20-8-5-4-6-9-20/h4-11,14-17,26,31H,12-13H2,1-3H3. The molecule has 0 fully saturated rings. The van der Waals surface area contributed by atoms with Gasteiger partial charge in [0.15, 0.2) is 11.5 Å². The highest BCUT2D eigenvalue weighted by Gasteiger charge is 2.44. The van der Waals surface area contributed by atoms with Crippen molar-refractivity contribution < 1.29 is 19.4 Å². The van der Waals surface area contributed by atoms with Crippen LogP contribution in [0.4, 0.5) is 5.69 Å². The summed E-state index contributed by atoms with van der Waals surface area (Å²) in [5, 5.41) is 10.9. The Morgan fingerprint density at radius 2 is 1.67 bits per heavy atom. The highest BCUT2D eigenvalue weighted by atomic mass is 16.5. The van der Waals surface area contributed by atoms with E-state index in [1.807, 2.05) is 80.6 Å². The fourth-order valence-corrected chi connectivity index (χ4v) is 4.41. The number of ketones is 1. The van der Waals surface area contributed by atoms with Crippen molar-refractivity contribution in [1.82, 2.24) is 0 Å². The average molecular weight is 442 g/mol. The smallest absolute Gasteiger partial charge is 0.294 e. The molecule has 1 aliphatic heterocycles. The number of Topliss-reactive ketones (excluding diaryl/α,β-unsaturated/α-hetero) is 1. The van der Waals surface area contributed by atoms with Gasteiger partial charge >= 0.3 is 0 Å². The summed E-state index contributed by atoms with van der Waals surface area (Å²) in [5.74, 6) is -0.692. The number of rotatable bonds is 7. The van der Waals surface area contributed by atoms with Crippen LogP contribution in [0.25, 0.3) is 0 Å². The number of carbonyl (C=O) groups is 2. The molecule has 1 N–H and O–H groups in total. The van der Waals surface area contributed by atoms with E-state index in [-0.39, 0.29) is 17.8 Å². The first-order valence-electron chi connectivity index (χ1n) is 10.9. The first-order valence-corrected chi connectivity index (χ1v) is 10.9. The largest absolute Gasteiger partial charge is 0.503 e. The van der Waals surface area contributed by atoms with Gasteiger partial charge in [0.1, 0.15) is 5.75 Å². The Bertz CT molecular complexity index is 1210. The van der Waals surface area contributed by atoms with E-state index in [1.165, 1.54) is 4.90 Å². The summed E-state index contributed by atoms with van der Waals surface area (Å²) in [6.07, 6.45) is 0.719. The molecule has 0 saturated heterocycles. The molecule has 3 aromatic carbocycles. The van der Waals surface area contributed by atoms with Crippen molar-refractivity contribution in [3.05, 3.63) is 106 Å². The van der Waals surface area contributed by atoms with E-state index in [2.05, 4.69) is 0 Å². The molecule has 33 heavy (non-hydrogen) atoms. The van der Waals surface area contributed by atoms with Gasteiger partial charge in [-0.15, -0.1) is 0 Å². The van der Waals surface area contributed by atoms with E-state index in [0.717, 1.165) is 16.7 Å². The number of nitrogens with zero attached hydrogens (tertiary/aromatic N) is 1. The predicted molar refractivity (Wildman–Crippen MR) is 129 cm³/mol. The molecule has 0 spiro atoms. The molecular formula is C28H27NO4. The second-order valence-corrected chi connectivity index (χ2v) is 8.37. The maximum atomic E-state index is 13.4. The van der Waals surface area contributed by atoms with E-state index in [1.54, 1.807) is 13.2 Å². The number of ether oxygens (including phenoxy) is 1. The molecule has 0 bridgehead atoms. The molecule has 5 heteroatoms. The minimum Gasteiger partial charge on any atom is -0.503 e. The molecule has 0 aromatic heterocycles. The Morgan fingerprint density at radius 1 is 0.970 bits per heavy atom. The van der Waals surface area contributed by atoms with Crippen molar-refractivity contribution in [3.63, 3.8) is 0 Å². The topological polar surface area (TPSA) is 66.8 Å². The van der Waals surface area contributed by atoms with Gasteiger partial charge in [-0.05, 0) is 66.8 Å². The maximum Gasteiger partial charge on any atom is 0.294 e. The van der Waals surface area contributed by atoms with E-state index in [0.29, 0.717) is 23.4 Å². The minimum absolute atomic E-state index is 0.128. The first kappa shape index (κ1) is 22.3. The third-order valence-corrected chi connectivity index (χ3v) is 5.89. The third-order valence-electron chi connectivity index (χ3n) is 5.89. The Balaban J connectivity index is 1.77. The lowest BCUT2D eigenvalue weighted by molar-refractivity contribution is -0.118. The van der Waals surface area contributed by atoms with Crippen LogP contribution < -0.4 is 9.64 Å². The molecule has 0 saturated carbocycles. The quantitative estimate of drug-likeness (QED) is 0.532. The lowest BCUT2D eigenvalue weighted by atomic mass is 9.92. The van der Waals surface area contributed by atoms with Crippen LogP contribution in [0.15, 0.2) is 84.1 Å². The van der Waals surface area contributed by atoms with E-state index >= 15 is 0 Å². The molecule has 4 rings (SSSR count). The number of methoxy groups -OCH3 is 1. The summed E-state index contributed by atoms with van der Waals surface area (Å²) in [4.78, 5) is 28.2. The molecule has 5 nitrogen and oxygen atoms in total. The number of hydrogen-bond acceptors (Lipinski definition) is 4. The highest BCUT2D eigenvalue weighted by Crippen LogP contribution is 2.42. The van der Waals surface area contributed by atoms with Crippen molar-refractivity contribution in [3.8, 4) is 5.75 Å². The normalized spacial score (nSPS) is 15.8. The highest BCUT2D eigenvalue weighted by molar-refractivity contribution is 6.16. The van der Waals surface area contributed by atoms with Gasteiger partial charge in [-0.2, -0.15) is 0 Å². The number of anilines is 1. The Morgan fingerprint density at radius 3 is 2.33 bits per heavy atom. The molecule has 0 radical (unpaired) electrons. The van der Waals surface area contributed by atoms with Crippen molar-refractivity contribution in [2.45, 2.75) is 32.7 Å². The van der Waals surface area contributed by atoms with Gasteiger partial charge in [0.2, 0.25) is 0 Å². The fourth-order valence-electron chi connectivity index (χ4n) is 4.41. The molecule has 1 amide bonds. The summed E-state index contributed by atoms with van der Waals surface area (Å²) in [6, 6.07) is 22.0. The van der Waals surface area contributed by atoms with Gasteiger partial charge in [-0.1, -0.05) is 48.5 Å². The second kappa shape index (κ2) is 9.33. The summed E-state index contributed by atoms with van der Waals surface area (Å²) >= 11 is 0. The molecule has 1 unspecified atom stereocenters.